The van der Waals surface area contributed by atoms with E-state index in [2.05, 4.69) is 24.3 Å². The van der Waals surface area contributed by atoms with Crippen molar-refractivity contribution in [3.63, 3.8) is 0 Å². The zero-order valence-electron chi connectivity index (χ0n) is 12.2. The third kappa shape index (κ3) is 3.94. The smallest absolute Gasteiger partial charge is 0.0506 e. The Labute approximate surface area is 112 Å². The molecule has 1 saturated heterocycles. The quantitative estimate of drug-likeness (QED) is 0.779. The Morgan fingerprint density at radius 1 is 1.11 bits per heavy atom. The highest BCUT2D eigenvalue weighted by Crippen LogP contribution is 2.23. The fraction of sp³-hybridized carbons (Fsp3) is 1.00. The minimum absolute atomic E-state index is 0.682. The van der Waals surface area contributed by atoms with Gasteiger partial charge in [-0.1, -0.05) is 19.3 Å². The summed E-state index contributed by atoms with van der Waals surface area (Å²) in [6.45, 7) is 3.16. The first-order valence-corrected chi connectivity index (χ1v) is 7.76. The number of rotatable bonds is 4. The largest absolute Gasteiger partial charge is 0.381 e. The first-order chi connectivity index (χ1) is 8.81. The average molecular weight is 254 g/mol. The zero-order valence-corrected chi connectivity index (χ0v) is 12.2. The Morgan fingerprint density at radius 3 is 2.67 bits per heavy atom. The molecule has 3 unspecified atom stereocenters. The second kappa shape index (κ2) is 7.46. The van der Waals surface area contributed by atoms with Gasteiger partial charge in [-0.15, -0.1) is 0 Å². The summed E-state index contributed by atoms with van der Waals surface area (Å²) in [6, 6.07) is 1.40. The summed E-state index contributed by atoms with van der Waals surface area (Å²) in [5, 5.41) is 3.54. The highest BCUT2D eigenvalue weighted by atomic mass is 16.5. The van der Waals surface area contributed by atoms with Crippen molar-refractivity contribution in [1.29, 1.82) is 0 Å². The van der Waals surface area contributed by atoms with Crippen molar-refractivity contribution in [3.05, 3.63) is 0 Å². The molecule has 2 aliphatic rings. The van der Waals surface area contributed by atoms with Gasteiger partial charge in [0.2, 0.25) is 0 Å². The van der Waals surface area contributed by atoms with E-state index in [1.165, 1.54) is 51.5 Å². The maximum absolute atomic E-state index is 5.61. The molecule has 3 heteroatoms. The Bertz CT molecular complexity index is 229. The number of likely N-dealkylation sites (N-methyl/N-ethyl adjacent to an activating group) is 2. The Hall–Kier alpha value is -0.120. The van der Waals surface area contributed by atoms with E-state index in [4.69, 9.17) is 4.74 Å². The van der Waals surface area contributed by atoms with Crippen LogP contribution in [0.5, 0.6) is 0 Å². The van der Waals surface area contributed by atoms with Gasteiger partial charge in [-0.3, -0.25) is 0 Å². The van der Waals surface area contributed by atoms with Crippen LogP contribution >= 0.6 is 0 Å². The van der Waals surface area contributed by atoms with Crippen molar-refractivity contribution in [3.8, 4) is 0 Å². The van der Waals surface area contributed by atoms with Gasteiger partial charge in [0, 0.05) is 25.2 Å². The van der Waals surface area contributed by atoms with Gasteiger partial charge in [0.15, 0.2) is 0 Å². The highest BCUT2D eigenvalue weighted by molar-refractivity contribution is 4.85. The molecule has 0 radical (unpaired) electrons. The lowest BCUT2D eigenvalue weighted by Crippen LogP contribution is -2.48. The fourth-order valence-electron chi connectivity index (χ4n) is 3.65. The molecule has 0 aromatic heterocycles. The van der Waals surface area contributed by atoms with Crippen molar-refractivity contribution in [2.45, 2.75) is 57.0 Å². The molecule has 1 aliphatic heterocycles. The summed E-state index contributed by atoms with van der Waals surface area (Å²) in [7, 11) is 4.44. The van der Waals surface area contributed by atoms with Crippen LogP contribution in [0.25, 0.3) is 0 Å². The van der Waals surface area contributed by atoms with Crippen LogP contribution in [0.15, 0.2) is 0 Å². The van der Waals surface area contributed by atoms with Crippen LogP contribution in [0.1, 0.15) is 44.9 Å². The molecule has 2 rings (SSSR count). The maximum atomic E-state index is 5.61. The summed E-state index contributed by atoms with van der Waals surface area (Å²) in [5.74, 6) is 0.754. The molecular weight excluding hydrogens is 224 g/mol. The molecule has 0 bridgehead atoms. The monoisotopic (exact) mass is 254 g/mol. The van der Waals surface area contributed by atoms with Gasteiger partial charge in [0.05, 0.1) is 6.61 Å². The molecule has 1 aliphatic carbocycles. The molecule has 106 valence electrons. The molecule has 18 heavy (non-hydrogen) atoms. The summed E-state index contributed by atoms with van der Waals surface area (Å²) >= 11 is 0. The van der Waals surface area contributed by atoms with Gasteiger partial charge < -0.3 is 15.0 Å². The SMILES string of the molecule is CNC1CCCCCC1N(C)CC1CCCOC1. The number of nitrogens with one attached hydrogen (secondary N) is 1. The standard InChI is InChI=1S/C15H30N2O/c1-16-14-8-4-3-5-9-15(14)17(2)11-13-7-6-10-18-12-13/h13-16H,3-12H2,1-2H3. The van der Waals surface area contributed by atoms with Crippen molar-refractivity contribution < 1.29 is 4.74 Å². The molecule has 3 atom stereocenters. The van der Waals surface area contributed by atoms with Gasteiger partial charge in [-0.2, -0.15) is 0 Å². The second-order valence-electron chi connectivity index (χ2n) is 6.12. The molecule has 0 spiro atoms. The normalized spacial score (nSPS) is 34.5. The van der Waals surface area contributed by atoms with E-state index in [0.29, 0.717) is 6.04 Å². The van der Waals surface area contributed by atoms with E-state index >= 15 is 0 Å². The summed E-state index contributed by atoms with van der Waals surface area (Å²) in [5.41, 5.74) is 0. The molecular formula is C15H30N2O. The van der Waals surface area contributed by atoms with Crippen molar-refractivity contribution in [1.82, 2.24) is 10.2 Å². The lowest BCUT2D eigenvalue weighted by atomic mass is 9.97. The molecule has 1 saturated carbocycles. The van der Waals surface area contributed by atoms with Crippen molar-refractivity contribution >= 4 is 0 Å². The first kappa shape index (κ1) is 14.3. The van der Waals surface area contributed by atoms with E-state index in [1.54, 1.807) is 0 Å². The second-order valence-corrected chi connectivity index (χ2v) is 6.12. The van der Waals surface area contributed by atoms with Crippen LogP contribution in [0.4, 0.5) is 0 Å². The molecule has 3 nitrogen and oxygen atoms in total. The number of ether oxygens (including phenoxy) is 1. The van der Waals surface area contributed by atoms with Crippen LogP contribution in [0.3, 0.4) is 0 Å². The van der Waals surface area contributed by atoms with Crippen LogP contribution in [-0.2, 0) is 4.74 Å². The third-order valence-corrected chi connectivity index (χ3v) is 4.72. The van der Waals surface area contributed by atoms with E-state index < -0.39 is 0 Å². The molecule has 0 aromatic carbocycles. The summed E-state index contributed by atoms with van der Waals surface area (Å²) in [4.78, 5) is 2.60. The fourth-order valence-corrected chi connectivity index (χ4v) is 3.65. The zero-order chi connectivity index (χ0) is 12.8. The first-order valence-electron chi connectivity index (χ1n) is 7.76. The minimum Gasteiger partial charge on any atom is -0.381 e. The predicted octanol–water partition coefficient (Wildman–Crippen LogP) is 2.27. The van der Waals surface area contributed by atoms with Gasteiger partial charge in [-0.05, 0) is 45.7 Å². The third-order valence-electron chi connectivity index (χ3n) is 4.72. The predicted molar refractivity (Wildman–Crippen MR) is 75.9 cm³/mol. The topological polar surface area (TPSA) is 24.5 Å². The molecule has 1 N–H and O–H groups in total. The van der Waals surface area contributed by atoms with E-state index in [9.17, 15) is 0 Å². The average Bonchev–Trinajstić information content (AvgIpc) is 2.64. The van der Waals surface area contributed by atoms with Gasteiger partial charge in [-0.25, -0.2) is 0 Å². The lowest BCUT2D eigenvalue weighted by molar-refractivity contribution is 0.0325. The molecule has 0 aromatic rings. The van der Waals surface area contributed by atoms with E-state index in [0.717, 1.165) is 25.2 Å². The molecule has 0 amide bonds. The summed E-state index contributed by atoms with van der Waals surface area (Å²) < 4.78 is 5.61. The minimum atomic E-state index is 0.682. The molecule has 1 heterocycles. The number of nitrogens with zero attached hydrogens (tertiary/aromatic N) is 1. The number of hydrogen-bond donors (Lipinski definition) is 1. The highest BCUT2D eigenvalue weighted by Gasteiger charge is 2.27. The number of hydrogen-bond acceptors (Lipinski definition) is 3. The van der Waals surface area contributed by atoms with Crippen LogP contribution in [-0.4, -0.2) is 50.8 Å². The van der Waals surface area contributed by atoms with Gasteiger partial charge >= 0.3 is 0 Å². The van der Waals surface area contributed by atoms with Crippen molar-refractivity contribution in [2.75, 3.05) is 33.9 Å². The van der Waals surface area contributed by atoms with Crippen LogP contribution in [0, 0.1) is 5.92 Å². The van der Waals surface area contributed by atoms with Crippen LogP contribution < -0.4 is 5.32 Å². The maximum Gasteiger partial charge on any atom is 0.0506 e. The van der Waals surface area contributed by atoms with E-state index in [1.807, 2.05) is 0 Å². The van der Waals surface area contributed by atoms with E-state index in [-0.39, 0.29) is 0 Å². The lowest BCUT2D eigenvalue weighted by Gasteiger charge is -2.36. The summed E-state index contributed by atoms with van der Waals surface area (Å²) in [6.07, 6.45) is 9.49. The van der Waals surface area contributed by atoms with Crippen LogP contribution in [0.2, 0.25) is 0 Å². The Kier molecular flexibility index (Phi) is 5.93. The molecule has 2 fully saturated rings. The van der Waals surface area contributed by atoms with Gasteiger partial charge in [0.25, 0.3) is 0 Å². The van der Waals surface area contributed by atoms with Crippen molar-refractivity contribution in [2.24, 2.45) is 5.92 Å². The Morgan fingerprint density at radius 2 is 1.94 bits per heavy atom. The Balaban J connectivity index is 1.86. The van der Waals surface area contributed by atoms with Gasteiger partial charge in [0.1, 0.15) is 0 Å².